The molecule has 1 fully saturated rings. The summed E-state index contributed by atoms with van der Waals surface area (Å²) >= 11 is 12.0. The molecule has 8 heteroatoms. The van der Waals surface area contributed by atoms with E-state index in [0.29, 0.717) is 10.6 Å². The summed E-state index contributed by atoms with van der Waals surface area (Å²) in [7, 11) is 0. The van der Waals surface area contributed by atoms with Gasteiger partial charge in [-0.05, 0) is 53.9 Å². The molecule has 1 aliphatic heterocycles. The van der Waals surface area contributed by atoms with Gasteiger partial charge < -0.3 is 10.6 Å². The largest absolute Gasteiger partial charge is 0.348 e. The summed E-state index contributed by atoms with van der Waals surface area (Å²) in [6.07, 6.45) is 0. The quantitative estimate of drug-likeness (QED) is 0.527. The summed E-state index contributed by atoms with van der Waals surface area (Å²) in [5, 5.41) is 8.31. The number of carbonyl (C=O) groups excluding carboxylic acids is 3. The minimum Gasteiger partial charge on any atom is -0.348 e. The van der Waals surface area contributed by atoms with Gasteiger partial charge in [-0.1, -0.05) is 65.7 Å². The average Bonchev–Trinajstić information content (AvgIpc) is 2.99. The lowest BCUT2D eigenvalue weighted by Crippen LogP contribution is -2.43. The number of halogens is 2. The fraction of sp³-hybridized carbons (Fsp3) is 0.208. The maximum Gasteiger partial charge on any atom is 0.325 e. The Bertz CT molecular complexity index is 1250. The van der Waals surface area contributed by atoms with Gasteiger partial charge in [-0.25, -0.2) is 4.79 Å². The number of hydrogen-bond acceptors (Lipinski definition) is 3. The van der Waals surface area contributed by atoms with Gasteiger partial charge in [-0.3, -0.25) is 14.5 Å². The number of fused-ring (bicyclic) bond motifs is 1. The second-order valence-electron chi connectivity index (χ2n) is 7.97. The van der Waals surface area contributed by atoms with Crippen molar-refractivity contribution >= 4 is 51.8 Å². The molecule has 0 bridgehead atoms. The van der Waals surface area contributed by atoms with Gasteiger partial charge in [0.2, 0.25) is 5.91 Å². The third-order valence-electron chi connectivity index (χ3n) is 5.72. The SMILES string of the molecule is C[C@H](NC(=O)CN1C(=O)N[C@](C)(c2ccc(Cl)c(Cl)c2)C1=O)c1ccc2ccccc2c1. The standard InChI is InChI=1S/C24H21Cl2N3O3/c1-14(16-8-7-15-5-3-4-6-17(15)11-16)27-21(30)13-29-22(31)24(2,28-23(29)32)18-9-10-19(25)20(26)12-18/h3-12,14H,13H2,1-2H3,(H,27,30)(H,28,32)/t14-,24+/m0/s1. The van der Waals surface area contributed by atoms with Crippen LogP contribution >= 0.6 is 23.2 Å². The van der Waals surface area contributed by atoms with Gasteiger partial charge >= 0.3 is 6.03 Å². The Morgan fingerprint density at radius 3 is 2.47 bits per heavy atom. The Labute approximate surface area is 195 Å². The van der Waals surface area contributed by atoms with Gasteiger partial charge in [0, 0.05) is 0 Å². The van der Waals surface area contributed by atoms with E-state index >= 15 is 0 Å². The predicted octanol–water partition coefficient (Wildman–Crippen LogP) is 4.79. The van der Waals surface area contributed by atoms with E-state index in [1.807, 2.05) is 49.4 Å². The summed E-state index contributed by atoms with van der Waals surface area (Å²) in [6.45, 7) is 3.04. The van der Waals surface area contributed by atoms with Gasteiger partial charge in [-0.2, -0.15) is 0 Å². The Hall–Kier alpha value is -3.09. The van der Waals surface area contributed by atoms with Crippen molar-refractivity contribution in [2.45, 2.75) is 25.4 Å². The molecular formula is C24H21Cl2N3O3. The van der Waals surface area contributed by atoms with Crippen LogP contribution in [-0.4, -0.2) is 29.3 Å². The highest BCUT2D eigenvalue weighted by atomic mass is 35.5. The molecule has 0 spiro atoms. The normalized spacial score (nSPS) is 19.2. The first kappa shape index (κ1) is 22.1. The molecule has 6 nitrogen and oxygen atoms in total. The highest BCUT2D eigenvalue weighted by Gasteiger charge is 2.49. The third kappa shape index (κ3) is 4.04. The molecule has 3 aromatic rings. The van der Waals surface area contributed by atoms with E-state index in [0.717, 1.165) is 21.2 Å². The van der Waals surface area contributed by atoms with E-state index in [-0.39, 0.29) is 17.6 Å². The highest BCUT2D eigenvalue weighted by Crippen LogP contribution is 2.33. The molecule has 0 radical (unpaired) electrons. The van der Waals surface area contributed by atoms with Crippen molar-refractivity contribution < 1.29 is 14.4 Å². The number of rotatable bonds is 5. The van der Waals surface area contributed by atoms with E-state index in [1.54, 1.807) is 19.1 Å². The molecule has 0 saturated carbocycles. The Balaban J connectivity index is 1.47. The number of hydrogen-bond donors (Lipinski definition) is 2. The molecule has 3 aromatic carbocycles. The first-order valence-electron chi connectivity index (χ1n) is 10.1. The Morgan fingerprint density at radius 2 is 1.75 bits per heavy atom. The fourth-order valence-electron chi connectivity index (χ4n) is 3.83. The highest BCUT2D eigenvalue weighted by molar-refractivity contribution is 6.42. The van der Waals surface area contributed by atoms with Crippen LogP contribution in [0.2, 0.25) is 10.0 Å². The van der Waals surface area contributed by atoms with E-state index in [9.17, 15) is 14.4 Å². The second kappa shape index (κ2) is 8.45. The molecule has 1 aliphatic rings. The average molecular weight is 470 g/mol. The molecule has 2 atom stereocenters. The number of carbonyl (C=O) groups is 3. The van der Waals surface area contributed by atoms with Crippen molar-refractivity contribution in [1.29, 1.82) is 0 Å². The molecule has 4 amide bonds. The zero-order chi connectivity index (χ0) is 23.0. The van der Waals surface area contributed by atoms with Crippen molar-refractivity contribution in [3.8, 4) is 0 Å². The minimum atomic E-state index is -1.34. The van der Waals surface area contributed by atoms with Crippen molar-refractivity contribution in [1.82, 2.24) is 15.5 Å². The first-order chi connectivity index (χ1) is 15.2. The van der Waals surface area contributed by atoms with E-state index in [4.69, 9.17) is 23.2 Å². The molecule has 0 unspecified atom stereocenters. The number of amides is 4. The zero-order valence-corrected chi connectivity index (χ0v) is 19.0. The van der Waals surface area contributed by atoms with Crippen LogP contribution in [0, 0.1) is 0 Å². The lowest BCUT2D eigenvalue weighted by atomic mass is 9.92. The summed E-state index contributed by atoms with van der Waals surface area (Å²) in [4.78, 5) is 39.1. The molecule has 1 heterocycles. The maximum atomic E-state index is 13.1. The summed E-state index contributed by atoms with van der Waals surface area (Å²) in [5.74, 6) is -0.970. The maximum absolute atomic E-state index is 13.1. The van der Waals surface area contributed by atoms with Gasteiger partial charge in [0.15, 0.2) is 0 Å². The Kier molecular flexibility index (Phi) is 5.84. The van der Waals surface area contributed by atoms with Crippen LogP contribution in [0.15, 0.2) is 60.7 Å². The summed E-state index contributed by atoms with van der Waals surface area (Å²) in [6, 6.07) is 17.7. The molecule has 1 saturated heterocycles. The molecule has 164 valence electrons. The van der Waals surface area contributed by atoms with Crippen LogP contribution < -0.4 is 10.6 Å². The lowest BCUT2D eigenvalue weighted by Gasteiger charge is -2.23. The van der Waals surface area contributed by atoms with Crippen LogP contribution in [-0.2, 0) is 15.1 Å². The van der Waals surface area contributed by atoms with Crippen molar-refractivity contribution in [3.63, 3.8) is 0 Å². The number of benzene rings is 3. The van der Waals surface area contributed by atoms with Crippen LogP contribution in [0.5, 0.6) is 0 Å². The number of nitrogens with zero attached hydrogens (tertiary/aromatic N) is 1. The van der Waals surface area contributed by atoms with Crippen molar-refractivity contribution in [3.05, 3.63) is 81.8 Å². The van der Waals surface area contributed by atoms with E-state index < -0.39 is 23.4 Å². The third-order valence-corrected chi connectivity index (χ3v) is 6.46. The van der Waals surface area contributed by atoms with Gasteiger partial charge in [0.05, 0.1) is 16.1 Å². The predicted molar refractivity (Wildman–Crippen MR) is 125 cm³/mol. The van der Waals surface area contributed by atoms with Crippen LogP contribution in [0.1, 0.15) is 31.0 Å². The molecule has 32 heavy (non-hydrogen) atoms. The summed E-state index contributed by atoms with van der Waals surface area (Å²) < 4.78 is 0. The number of nitrogens with one attached hydrogen (secondary N) is 2. The summed E-state index contributed by atoms with van der Waals surface area (Å²) in [5.41, 5.74) is 0.0721. The zero-order valence-electron chi connectivity index (χ0n) is 17.5. The monoisotopic (exact) mass is 469 g/mol. The molecular weight excluding hydrogens is 449 g/mol. The molecule has 2 N–H and O–H groups in total. The van der Waals surface area contributed by atoms with E-state index in [2.05, 4.69) is 10.6 Å². The first-order valence-corrected chi connectivity index (χ1v) is 10.8. The van der Waals surface area contributed by atoms with Gasteiger partial charge in [0.1, 0.15) is 12.1 Å². The molecule has 4 rings (SSSR count). The van der Waals surface area contributed by atoms with Crippen molar-refractivity contribution in [2.75, 3.05) is 6.54 Å². The minimum absolute atomic E-state index is 0.271. The Morgan fingerprint density at radius 1 is 1.03 bits per heavy atom. The smallest absolute Gasteiger partial charge is 0.325 e. The molecule has 0 aromatic heterocycles. The second-order valence-corrected chi connectivity index (χ2v) is 8.79. The number of urea groups is 1. The lowest BCUT2D eigenvalue weighted by molar-refractivity contribution is -0.135. The van der Waals surface area contributed by atoms with Crippen LogP contribution in [0.25, 0.3) is 10.8 Å². The van der Waals surface area contributed by atoms with Crippen molar-refractivity contribution in [2.24, 2.45) is 0 Å². The molecule has 0 aliphatic carbocycles. The van der Waals surface area contributed by atoms with Crippen LogP contribution in [0.3, 0.4) is 0 Å². The topological polar surface area (TPSA) is 78.5 Å². The van der Waals surface area contributed by atoms with Gasteiger partial charge in [0.25, 0.3) is 5.91 Å². The fourth-order valence-corrected chi connectivity index (χ4v) is 4.13. The number of imide groups is 1. The van der Waals surface area contributed by atoms with Gasteiger partial charge in [-0.15, -0.1) is 0 Å². The van der Waals surface area contributed by atoms with Crippen LogP contribution in [0.4, 0.5) is 4.79 Å². The van der Waals surface area contributed by atoms with E-state index in [1.165, 1.54) is 6.07 Å².